The Bertz CT molecular complexity index is 434. The molecule has 1 rings (SSSR count). The van der Waals surface area contributed by atoms with Gasteiger partial charge in [-0.05, 0) is 18.9 Å². The molecule has 0 aromatic carbocycles. The highest BCUT2D eigenvalue weighted by Crippen LogP contribution is 2.22. The van der Waals surface area contributed by atoms with Crippen LogP contribution in [0, 0.1) is 0 Å². The summed E-state index contributed by atoms with van der Waals surface area (Å²) in [5.41, 5.74) is 5.50. The molecule has 2 N–H and O–H groups in total. The highest BCUT2D eigenvalue weighted by molar-refractivity contribution is 7.89. The van der Waals surface area contributed by atoms with Crippen molar-refractivity contribution in [3.8, 4) is 0 Å². The molecule has 0 unspecified atom stereocenters. The molecule has 17 heavy (non-hydrogen) atoms. The molecule has 1 heterocycles. The van der Waals surface area contributed by atoms with E-state index in [0.717, 1.165) is 17.7 Å². The van der Waals surface area contributed by atoms with Crippen LogP contribution in [-0.2, 0) is 16.6 Å². The fourth-order valence-corrected chi connectivity index (χ4v) is 4.37. The molecule has 0 saturated carbocycles. The van der Waals surface area contributed by atoms with Crippen molar-refractivity contribution in [2.45, 2.75) is 38.1 Å². The summed E-state index contributed by atoms with van der Waals surface area (Å²) >= 11 is 1.40. The third kappa shape index (κ3) is 3.51. The van der Waals surface area contributed by atoms with Crippen LogP contribution in [-0.4, -0.2) is 25.8 Å². The van der Waals surface area contributed by atoms with Gasteiger partial charge in [-0.1, -0.05) is 13.8 Å². The predicted octanol–water partition coefficient (Wildman–Crippen LogP) is 2.02. The zero-order valence-corrected chi connectivity index (χ0v) is 12.0. The van der Waals surface area contributed by atoms with Gasteiger partial charge in [-0.15, -0.1) is 11.3 Å². The van der Waals surface area contributed by atoms with Crippen molar-refractivity contribution in [2.75, 3.05) is 13.1 Å². The fraction of sp³-hybridized carbons (Fsp3) is 0.636. The van der Waals surface area contributed by atoms with Crippen molar-refractivity contribution in [1.82, 2.24) is 4.31 Å². The molecule has 0 fully saturated rings. The van der Waals surface area contributed by atoms with Crippen LogP contribution in [0.25, 0.3) is 0 Å². The van der Waals surface area contributed by atoms with Crippen LogP contribution in [0.1, 0.15) is 31.6 Å². The van der Waals surface area contributed by atoms with Gasteiger partial charge in [0.1, 0.15) is 0 Å². The lowest BCUT2D eigenvalue weighted by Gasteiger charge is -2.20. The van der Waals surface area contributed by atoms with Gasteiger partial charge in [-0.2, -0.15) is 4.31 Å². The summed E-state index contributed by atoms with van der Waals surface area (Å²) in [6.07, 6.45) is 1.65. The number of nitrogens with two attached hydrogens (primary N) is 1. The van der Waals surface area contributed by atoms with Gasteiger partial charge in [0.15, 0.2) is 0 Å². The van der Waals surface area contributed by atoms with E-state index in [1.54, 1.807) is 15.8 Å². The lowest BCUT2D eigenvalue weighted by Crippen LogP contribution is -2.32. The average Bonchev–Trinajstić information content (AvgIpc) is 2.78. The minimum absolute atomic E-state index is 0.379. The summed E-state index contributed by atoms with van der Waals surface area (Å²) in [5, 5.41) is 1.68. The van der Waals surface area contributed by atoms with Gasteiger partial charge in [-0.3, -0.25) is 0 Å². The topological polar surface area (TPSA) is 63.4 Å². The third-order valence-electron chi connectivity index (χ3n) is 2.41. The monoisotopic (exact) mass is 276 g/mol. The molecule has 98 valence electrons. The van der Waals surface area contributed by atoms with Crippen LogP contribution >= 0.6 is 11.3 Å². The molecule has 0 radical (unpaired) electrons. The second kappa shape index (κ2) is 6.49. The first-order valence-corrected chi connectivity index (χ1v) is 8.15. The molecule has 0 amide bonds. The Morgan fingerprint density at radius 3 is 2.29 bits per heavy atom. The Labute approximate surface area is 107 Å². The van der Waals surface area contributed by atoms with Crippen LogP contribution in [0.5, 0.6) is 0 Å². The lowest BCUT2D eigenvalue weighted by molar-refractivity contribution is 0.410. The van der Waals surface area contributed by atoms with Gasteiger partial charge in [0.05, 0.1) is 4.90 Å². The Hall–Kier alpha value is -0.430. The molecule has 0 aliphatic carbocycles. The van der Waals surface area contributed by atoms with Gasteiger partial charge >= 0.3 is 0 Å². The van der Waals surface area contributed by atoms with Crippen molar-refractivity contribution in [1.29, 1.82) is 0 Å². The summed E-state index contributed by atoms with van der Waals surface area (Å²) in [4.78, 5) is 1.28. The van der Waals surface area contributed by atoms with E-state index in [9.17, 15) is 8.42 Å². The van der Waals surface area contributed by atoms with E-state index >= 15 is 0 Å². The molecule has 1 aromatic rings. The third-order valence-corrected chi connectivity index (χ3v) is 5.40. The molecule has 0 spiro atoms. The van der Waals surface area contributed by atoms with E-state index in [1.807, 2.05) is 13.8 Å². The van der Waals surface area contributed by atoms with Gasteiger partial charge < -0.3 is 5.73 Å². The highest BCUT2D eigenvalue weighted by atomic mass is 32.2. The molecule has 0 atom stereocenters. The van der Waals surface area contributed by atoms with E-state index in [1.165, 1.54) is 11.3 Å². The summed E-state index contributed by atoms with van der Waals surface area (Å²) in [6, 6.07) is 1.68. The standard InChI is InChI=1S/C11H20N2O2S2/c1-3-5-13(6-4-2)17(14,15)11-7-10(8-12)16-9-11/h7,9H,3-6,8,12H2,1-2H3. The Morgan fingerprint density at radius 2 is 1.88 bits per heavy atom. The van der Waals surface area contributed by atoms with Crippen molar-refractivity contribution in [3.63, 3.8) is 0 Å². The number of rotatable bonds is 7. The number of thiophene rings is 1. The SMILES string of the molecule is CCCN(CCC)S(=O)(=O)c1csc(CN)c1. The molecule has 6 heteroatoms. The normalized spacial score (nSPS) is 12.2. The predicted molar refractivity (Wildman–Crippen MR) is 71.6 cm³/mol. The van der Waals surface area contributed by atoms with Crippen molar-refractivity contribution < 1.29 is 8.42 Å². The molecule has 1 aromatic heterocycles. The highest BCUT2D eigenvalue weighted by Gasteiger charge is 2.23. The Kier molecular flexibility index (Phi) is 5.58. The fourth-order valence-electron chi connectivity index (χ4n) is 1.60. The van der Waals surface area contributed by atoms with E-state index in [0.29, 0.717) is 24.5 Å². The smallest absolute Gasteiger partial charge is 0.243 e. The Morgan fingerprint density at radius 1 is 1.29 bits per heavy atom. The molecule has 4 nitrogen and oxygen atoms in total. The first-order chi connectivity index (χ1) is 8.06. The molecule has 0 aliphatic heterocycles. The van der Waals surface area contributed by atoms with Crippen LogP contribution in [0.15, 0.2) is 16.3 Å². The number of sulfonamides is 1. The first kappa shape index (κ1) is 14.6. The van der Waals surface area contributed by atoms with Crippen molar-refractivity contribution in [3.05, 3.63) is 16.3 Å². The minimum Gasteiger partial charge on any atom is -0.326 e. The minimum atomic E-state index is -3.33. The second-order valence-corrected chi connectivity index (χ2v) is 6.79. The summed E-state index contributed by atoms with van der Waals surface area (Å²) in [5.74, 6) is 0. The van der Waals surface area contributed by atoms with Gasteiger partial charge in [0, 0.05) is 29.9 Å². The van der Waals surface area contributed by atoms with E-state index in [2.05, 4.69) is 0 Å². The van der Waals surface area contributed by atoms with Crippen molar-refractivity contribution >= 4 is 21.4 Å². The van der Waals surface area contributed by atoms with E-state index < -0.39 is 10.0 Å². The lowest BCUT2D eigenvalue weighted by atomic mass is 10.4. The van der Waals surface area contributed by atoms with Crippen LogP contribution < -0.4 is 5.73 Å². The van der Waals surface area contributed by atoms with Gasteiger partial charge in [0.25, 0.3) is 0 Å². The summed E-state index contributed by atoms with van der Waals surface area (Å²) < 4.78 is 26.2. The largest absolute Gasteiger partial charge is 0.326 e. The van der Waals surface area contributed by atoms with Gasteiger partial charge in [0.2, 0.25) is 10.0 Å². The molecule has 0 bridgehead atoms. The summed E-state index contributed by atoms with van der Waals surface area (Å²) in [6.45, 7) is 5.50. The number of hydrogen-bond donors (Lipinski definition) is 1. The quantitative estimate of drug-likeness (QED) is 0.828. The maximum Gasteiger partial charge on any atom is 0.243 e. The molecule has 0 aliphatic rings. The zero-order valence-electron chi connectivity index (χ0n) is 10.3. The zero-order chi connectivity index (χ0) is 12.9. The van der Waals surface area contributed by atoms with Gasteiger partial charge in [-0.25, -0.2) is 8.42 Å². The van der Waals surface area contributed by atoms with Crippen LogP contribution in [0.3, 0.4) is 0 Å². The van der Waals surface area contributed by atoms with Crippen LogP contribution in [0.2, 0.25) is 0 Å². The van der Waals surface area contributed by atoms with Crippen molar-refractivity contribution in [2.24, 2.45) is 5.73 Å². The number of nitrogens with zero attached hydrogens (tertiary/aromatic N) is 1. The Balaban J connectivity index is 2.98. The molecular weight excluding hydrogens is 256 g/mol. The average molecular weight is 276 g/mol. The maximum atomic E-state index is 12.3. The molecule has 0 saturated heterocycles. The molecular formula is C11H20N2O2S2. The van der Waals surface area contributed by atoms with Crippen LogP contribution in [0.4, 0.5) is 0 Å². The number of hydrogen-bond acceptors (Lipinski definition) is 4. The summed E-state index contributed by atoms with van der Waals surface area (Å²) in [7, 11) is -3.33. The second-order valence-electron chi connectivity index (χ2n) is 3.86. The maximum absolute atomic E-state index is 12.3. The van der Waals surface area contributed by atoms with E-state index in [4.69, 9.17) is 5.73 Å². The first-order valence-electron chi connectivity index (χ1n) is 5.83. The van der Waals surface area contributed by atoms with E-state index in [-0.39, 0.29) is 0 Å².